The van der Waals surface area contributed by atoms with Crippen molar-refractivity contribution in [2.45, 2.75) is 39.2 Å². The highest BCUT2D eigenvalue weighted by Crippen LogP contribution is 2.32. The second kappa shape index (κ2) is 5.64. The maximum Gasteiger partial charge on any atom is 0.230 e. The van der Waals surface area contributed by atoms with Crippen molar-refractivity contribution in [2.75, 3.05) is 26.7 Å². The molecule has 2 atom stereocenters. The summed E-state index contributed by atoms with van der Waals surface area (Å²) in [4.78, 5) is 14.1. The summed E-state index contributed by atoms with van der Waals surface area (Å²) in [5, 5.41) is 12.4. The van der Waals surface area contributed by atoms with Gasteiger partial charge in [-0.1, -0.05) is 6.92 Å². The summed E-state index contributed by atoms with van der Waals surface area (Å²) < 4.78 is 0. The standard InChI is InChI=1S/C12H24N2O2/c1-4-12(6-5-7-13-9-12)11(16)14(3)10(2)8-15/h10,13,15H,4-9H2,1-3H3. The first-order valence-corrected chi connectivity index (χ1v) is 6.16. The van der Waals surface area contributed by atoms with Crippen LogP contribution in [0.1, 0.15) is 33.1 Å². The highest BCUT2D eigenvalue weighted by Gasteiger charge is 2.40. The van der Waals surface area contributed by atoms with Gasteiger partial charge in [-0.15, -0.1) is 0 Å². The van der Waals surface area contributed by atoms with E-state index in [9.17, 15) is 4.79 Å². The van der Waals surface area contributed by atoms with Crippen molar-refractivity contribution in [1.29, 1.82) is 0 Å². The summed E-state index contributed by atoms with van der Waals surface area (Å²) in [5.74, 6) is 0.170. The quantitative estimate of drug-likeness (QED) is 0.741. The lowest BCUT2D eigenvalue weighted by Crippen LogP contribution is -2.53. The summed E-state index contributed by atoms with van der Waals surface area (Å²) >= 11 is 0. The molecular formula is C12H24N2O2. The van der Waals surface area contributed by atoms with Gasteiger partial charge in [0, 0.05) is 13.6 Å². The van der Waals surface area contributed by atoms with Crippen LogP contribution in [-0.2, 0) is 4.79 Å². The van der Waals surface area contributed by atoms with Crippen LogP contribution < -0.4 is 5.32 Å². The second-order valence-electron chi connectivity index (χ2n) is 4.86. The minimum absolute atomic E-state index is 0.0233. The predicted octanol–water partition coefficient (Wildman–Crippen LogP) is 0.605. The van der Waals surface area contributed by atoms with Gasteiger partial charge in [-0.05, 0) is 32.7 Å². The van der Waals surface area contributed by atoms with Crippen LogP contribution >= 0.6 is 0 Å². The molecule has 1 heterocycles. The van der Waals surface area contributed by atoms with Crippen LogP contribution in [0, 0.1) is 5.41 Å². The topological polar surface area (TPSA) is 52.6 Å². The Morgan fingerprint density at radius 1 is 1.62 bits per heavy atom. The third-order valence-corrected chi connectivity index (χ3v) is 3.85. The zero-order valence-corrected chi connectivity index (χ0v) is 10.6. The summed E-state index contributed by atoms with van der Waals surface area (Å²) in [5.41, 5.74) is -0.254. The van der Waals surface area contributed by atoms with E-state index in [2.05, 4.69) is 12.2 Å². The predicted molar refractivity (Wildman–Crippen MR) is 64.1 cm³/mol. The maximum absolute atomic E-state index is 12.4. The SMILES string of the molecule is CCC1(C(=O)N(C)C(C)CO)CCCNC1. The first kappa shape index (κ1) is 13.5. The summed E-state index contributed by atoms with van der Waals surface area (Å²) in [7, 11) is 1.79. The van der Waals surface area contributed by atoms with E-state index in [-0.39, 0.29) is 24.0 Å². The molecule has 0 spiro atoms. The Labute approximate surface area is 98.0 Å². The molecule has 0 aliphatic carbocycles. The fourth-order valence-corrected chi connectivity index (χ4v) is 2.30. The fraction of sp³-hybridized carbons (Fsp3) is 0.917. The number of nitrogens with zero attached hydrogens (tertiary/aromatic N) is 1. The van der Waals surface area contributed by atoms with E-state index in [0.717, 1.165) is 32.4 Å². The highest BCUT2D eigenvalue weighted by molar-refractivity contribution is 5.83. The fourth-order valence-electron chi connectivity index (χ4n) is 2.30. The third-order valence-electron chi connectivity index (χ3n) is 3.85. The van der Waals surface area contributed by atoms with Gasteiger partial charge in [0.05, 0.1) is 18.1 Å². The van der Waals surface area contributed by atoms with Crippen LogP contribution in [0.2, 0.25) is 0 Å². The Morgan fingerprint density at radius 2 is 2.31 bits per heavy atom. The van der Waals surface area contributed by atoms with Gasteiger partial charge in [0.2, 0.25) is 5.91 Å². The van der Waals surface area contributed by atoms with Gasteiger partial charge < -0.3 is 15.3 Å². The highest BCUT2D eigenvalue weighted by atomic mass is 16.3. The number of piperidine rings is 1. The molecule has 2 N–H and O–H groups in total. The van der Waals surface area contributed by atoms with Gasteiger partial charge in [0.15, 0.2) is 0 Å². The number of hydrogen-bond acceptors (Lipinski definition) is 3. The number of carbonyl (C=O) groups is 1. The van der Waals surface area contributed by atoms with Crippen molar-refractivity contribution < 1.29 is 9.90 Å². The molecule has 16 heavy (non-hydrogen) atoms. The Morgan fingerprint density at radius 3 is 2.75 bits per heavy atom. The van der Waals surface area contributed by atoms with E-state index in [1.807, 2.05) is 6.92 Å². The lowest BCUT2D eigenvalue weighted by Gasteiger charge is -2.39. The molecular weight excluding hydrogens is 204 g/mol. The third kappa shape index (κ3) is 2.55. The van der Waals surface area contributed by atoms with Crippen LogP contribution in [0.15, 0.2) is 0 Å². The number of rotatable bonds is 4. The number of aliphatic hydroxyl groups excluding tert-OH is 1. The zero-order chi connectivity index (χ0) is 12.2. The molecule has 0 bridgehead atoms. The molecule has 94 valence electrons. The molecule has 1 fully saturated rings. The first-order valence-electron chi connectivity index (χ1n) is 6.16. The van der Waals surface area contributed by atoms with E-state index >= 15 is 0 Å². The largest absolute Gasteiger partial charge is 0.394 e. The van der Waals surface area contributed by atoms with Crippen LogP contribution in [0.5, 0.6) is 0 Å². The number of aliphatic hydroxyl groups is 1. The monoisotopic (exact) mass is 228 g/mol. The van der Waals surface area contributed by atoms with Crippen LogP contribution in [0.3, 0.4) is 0 Å². The lowest BCUT2D eigenvalue weighted by atomic mass is 9.77. The Hall–Kier alpha value is -0.610. The number of nitrogens with one attached hydrogen (secondary N) is 1. The Bertz CT molecular complexity index is 237. The summed E-state index contributed by atoms with van der Waals surface area (Å²) in [6.45, 7) is 5.74. The van der Waals surface area contributed by atoms with E-state index < -0.39 is 0 Å². The minimum atomic E-state index is -0.254. The molecule has 0 saturated carbocycles. The first-order chi connectivity index (χ1) is 7.57. The average molecular weight is 228 g/mol. The molecule has 0 aromatic carbocycles. The van der Waals surface area contributed by atoms with Gasteiger partial charge in [-0.3, -0.25) is 4.79 Å². The lowest BCUT2D eigenvalue weighted by molar-refractivity contribution is -0.144. The van der Waals surface area contributed by atoms with Crippen molar-refractivity contribution in [2.24, 2.45) is 5.41 Å². The molecule has 0 aromatic rings. The molecule has 4 nitrogen and oxygen atoms in total. The van der Waals surface area contributed by atoms with Gasteiger partial charge in [0.1, 0.15) is 0 Å². The van der Waals surface area contributed by atoms with Gasteiger partial charge in [-0.2, -0.15) is 0 Å². The minimum Gasteiger partial charge on any atom is -0.394 e. The van der Waals surface area contributed by atoms with Crippen molar-refractivity contribution in [3.8, 4) is 0 Å². The average Bonchev–Trinajstić information content (AvgIpc) is 2.36. The molecule has 1 saturated heterocycles. The Kier molecular flexibility index (Phi) is 4.74. The summed E-state index contributed by atoms with van der Waals surface area (Å²) in [6.07, 6.45) is 2.88. The van der Waals surface area contributed by atoms with Gasteiger partial charge >= 0.3 is 0 Å². The van der Waals surface area contributed by atoms with E-state index in [1.54, 1.807) is 11.9 Å². The van der Waals surface area contributed by atoms with Crippen molar-refractivity contribution in [1.82, 2.24) is 10.2 Å². The molecule has 0 radical (unpaired) electrons. The summed E-state index contributed by atoms with van der Waals surface area (Å²) in [6, 6.07) is -0.0992. The molecule has 0 aromatic heterocycles. The van der Waals surface area contributed by atoms with Crippen molar-refractivity contribution >= 4 is 5.91 Å². The molecule has 1 aliphatic heterocycles. The second-order valence-corrected chi connectivity index (χ2v) is 4.86. The molecule has 1 amide bonds. The van der Waals surface area contributed by atoms with Crippen molar-refractivity contribution in [3.63, 3.8) is 0 Å². The number of carbonyl (C=O) groups excluding carboxylic acids is 1. The van der Waals surface area contributed by atoms with E-state index in [1.165, 1.54) is 0 Å². The smallest absolute Gasteiger partial charge is 0.230 e. The van der Waals surface area contributed by atoms with E-state index in [0.29, 0.717) is 0 Å². The maximum atomic E-state index is 12.4. The van der Waals surface area contributed by atoms with Crippen LogP contribution in [-0.4, -0.2) is 48.7 Å². The van der Waals surface area contributed by atoms with E-state index in [4.69, 9.17) is 5.11 Å². The normalized spacial score (nSPS) is 27.5. The van der Waals surface area contributed by atoms with Crippen molar-refractivity contribution in [3.05, 3.63) is 0 Å². The van der Waals surface area contributed by atoms with Gasteiger partial charge in [-0.25, -0.2) is 0 Å². The van der Waals surface area contributed by atoms with Crippen LogP contribution in [0.25, 0.3) is 0 Å². The number of hydrogen-bond donors (Lipinski definition) is 2. The molecule has 2 unspecified atom stereocenters. The van der Waals surface area contributed by atoms with Gasteiger partial charge in [0.25, 0.3) is 0 Å². The molecule has 1 aliphatic rings. The number of likely N-dealkylation sites (N-methyl/N-ethyl adjacent to an activating group) is 1. The Balaban J connectivity index is 2.75. The van der Waals surface area contributed by atoms with Crippen LogP contribution in [0.4, 0.5) is 0 Å². The molecule has 4 heteroatoms. The zero-order valence-electron chi connectivity index (χ0n) is 10.6. The molecule has 1 rings (SSSR count). The number of amides is 1.